The third kappa shape index (κ3) is 4.61. The number of hydrogen-bond acceptors (Lipinski definition) is 2. The lowest BCUT2D eigenvalue weighted by molar-refractivity contribution is 0.0221. The molecule has 1 aliphatic carbocycles. The van der Waals surface area contributed by atoms with E-state index in [1.54, 1.807) is 0 Å². The molecule has 0 spiro atoms. The molecular formula is C18H27Cl2N2O2P. The van der Waals surface area contributed by atoms with E-state index in [-0.39, 0.29) is 6.10 Å². The predicted octanol–water partition coefficient (Wildman–Crippen LogP) is 4.97. The van der Waals surface area contributed by atoms with Gasteiger partial charge in [-0.1, -0.05) is 43.2 Å². The SMILES string of the molecule is O=P1(N(CCCl)CCCl)OC2CCCCC2CN1Cc1ccccc1. The summed E-state index contributed by atoms with van der Waals surface area (Å²) in [6.45, 7) is 2.49. The number of alkyl halides is 2. The second kappa shape index (κ2) is 9.21. The van der Waals surface area contributed by atoms with Gasteiger partial charge in [-0.25, -0.2) is 9.34 Å². The quantitative estimate of drug-likeness (QED) is 0.474. The predicted molar refractivity (Wildman–Crippen MR) is 104 cm³/mol. The summed E-state index contributed by atoms with van der Waals surface area (Å²) in [5, 5.41) is 0. The Kier molecular flexibility index (Phi) is 7.25. The van der Waals surface area contributed by atoms with E-state index in [2.05, 4.69) is 12.1 Å². The lowest BCUT2D eigenvalue weighted by atomic mass is 9.86. The van der Waals surface area contributed by atoms with Gasteiger partial charge < -0.3 is 4.52 Å². The van der Waals surface area contributed by atoms with E-state index in [0.29, 0.717) is 37.3 Å². The summed E-state index contributed by atoms with van der Waals surface area (Å²) in [6.07, 6.45) is 4.65. The minimum atomic E-state index is -3.12. The van der Waals surface area contributed by atoms with Gasteiger partial charge in [-0.15, -0.1) is 23.2 Å². The van der Waals surface area contributed by atoms with Gasteiger partial charge in [0.15, 0.2) is 0 Å². The van der Waals surface area contributed by atoms with Gasteiger partial charge in [-0.3, -0.25) is 4.57 Å². The van der Waals surface area contributed by atoms with E-state index in [4.69, 9.17) is 27.7 Å². The van der Waals surface area contributed by atoms with Crippen molar-refractivity contribution in [2.45, 2.75) is 38.3 Å². The molecule has 7 heteroatoms. The van der Waals surface area contributed by atoms with Gasteiger partial charge in [0.25, 0.3) is 0 Å². The van der Waals surface area contributed by atoms with E-state index in [1.165, 1.54) is 6.42 Å². The maximum Gasteiger partial charge on any atom is 0.346 e. The highest BCUT2D eigenvalue weighted by Crippen LogP contribution is 2.60. The van der Waals surface area contributed by atoms with Crippen LogP contribution in [0.4, 0.5) is 0 Å². The lowest BCUT2D eigenvalue weighted by Crippen LogP contribution is -2.47. The van der Waals surface area contributed by atoms with Gasteiger partial charge in [-0.05, 0) is 24.3 Å². The third-order valence-electron chi connectivity index (χ3n) is 5.17. The van der Waals surface area contributed by atoms with Crippen LogP contribution in [0, 0.1) is 5.92 Å². The van der Waals surface area contributed by atoms with Crippen LogP contribution in [0.3, 0.4) is 0 Å². The summed E-state index contributed by atoms with van der Waals surface area (Å²) in [5.74, 6) is 1.29. The Morgan fingerprint density at radius 2 is 1.80 bits per heavy atom. The average molecular weight is 405 g/mol. The van der Waals surface area contributed by atoms with Crippen LogP contribution >= 0.6 is 30.9 Å². The molecule has 4 nitrogen and oxygen atoms in total. The smallest absolute Gasteiger partial charge is 0.302 e. The fourth-order valence-corrected chi connectivity index (χ4v) is 7.25. The topological polar surface area (TPSA) is 32.8 Å². The van der Waals surface area contributed by atoms with Crippen LogP contribution < -0.4 is 0 Å². The number of halogens is 2. The number of fused-ring (bicyclic) bond motifs is 1. The van der Waals surface area contributed by atoms with Gasteiger partial charge in [0.1, 0.15) is 0 Å². The molecule has 1 saturated heterocycles. The summed E-state index contributed by atoms with van der Waals surface area (Å²) < 4.78 is 24.3. The standard InChI is InChI=1S/C18H27Cl2N2O2P/c19-10-12-21(13-11-20)25(23)22(14-16-6-2-1-3-7-16)15-17-8-4-5-9-18(17)24-25/h1-3,6-7,17-18H,4-5,8-15H2. The van der Waals surface area contributed by atoms with Crippen molar-refractivity contribution in [2.75, 3.05) is 31.4 Å². The Balaban J connectivity index is 1.87. The van der Waals surface area contributed by atoms with Gasteiger partial charge in [-0.2, -0.15) is 0 Å². The monoisotopic (exact) mass is 404 g/mol. The number of nitrogens with zero attached hydrogens (tertiary/aromatic N) is 2. The molecule has 3 rings (SSSR count). The molecule has 25 heavy (non-hydrogen) atoms. The fraction of sp³-hybridized carbons (Fsp3) is 0.667. The first kappa shape index (κ1) is 19.7. The first-order chi connectivity index (χ1) is 12.2. The van der Waals surface area contributed by atoms with Crippen molar-refractivity contribution < 1.29 is 9.09 Å². The van der Waals surface area contributed by atoms with Crippen molar-refractivity contribution in [2.24, 2.45) is 5.92 Å². The molecule has 0 radical (unpaired) electrons. The van der Waals surface area contributed by atoms with Crippen molar-refractivity contribution in [3.05, 3.63) is 35.9 Å². The number of rotatable bonds is 7. The molecule has 140 valence electrons. The molecule has 2 aliphatic rings. The normalized spacial score (nSPS) is 30.4. The van der Waals surface area contributed by atoms with Crippen LogP contribution in [0.1, 0.15) is 31.2 Å². The third-order valence-corrected chi connectivity index (χ3v) is 8.18. The largest absolute Gasteiger partial charge is 0.346 e. The molecule has 0 amide bonds. The van der Waals surface area contributed by atoms with Crippen molar-refractivity contribution in [3.8, 4) is 0 Å². The summed E-state index contributed by atoms with van der Waals surface area (Å²) in [7, 11) is -3.12. The molecule has 1 aromatic rings. The fourth-order valence-electron chi connectivity index (χ4n) is 3.89. The van der Waals surface area contributed by atoms with Crippen LogP contribution in [0.15, 0.2) is 30.3 Å². The van der Waals surface area contributed by atoms with Crippen LogP contribution in [0.5, 0.6) is 0 Å². The molecular weight excluding hydrogens is 378 g/mol. The van der Waals surface area contributed by atoms with Gasteiger partial charge in [0.2, 0.25) is 0 Å². The zero-order chi connectivity index (χ0) is 17.7. The lowest BCUT2D eigenvalue weighted by Gasteiger charge is -2.48. The highest BCUT2D eigenvalue weighted by Gasteiger charge is 2.48. The highest BCUT2D eigenvalue weighted by molar-refractivity contribution is 7.54. The Hall–Kier alpha value is -0.0900. The van der Waals surface area contributed by atoms with Crippen molar-refractivity contribution in [1.29, 1.82) is 0 Å². The second-order valence-corrected chi connectivity index (χ2v) is 9.92. The summed E-state index contributed by atoms with van der Waals surface area (Å²) in [4.78, 5) is 0. The number of benzene rings is 1. The molecule has 3 atom stereocenters. The Bertz CT molecular complexity index is 584. The molecule has 3 unspecified atom stereocenters. The molecule has 1 heterocycles. The number of hydrogen-bond donors (Lipinski definition) is 0. The van der Waals surface area contributed by atoms with E-state index in [1.807, 2.05) is 27.5 Å². The molecule has 1 aromatic carbocycles. The van der Waals surface area contributed by atoms with E-state index < -0.39 is 7.67 Å². The van der Waals surface area contributed by atoms with Crippen molar-refractivity contribution >= 4 is 30.9 Å². The first-order valence-corrected chi connectivity index (χ1v) is 11.7. The maximum atomic E-state index is 14.0. The Morgan fingerprint density at radius 3 is 2.48 bits per heavy atom. The minimum absolute atomic E-state index is 0.0970. The Labute approximate surface area is 161 Å². The van der Waals surface area contributed by atoms with Crippen LogP contribution in [0.25, 0.3) is 0 Å². The van der Waals surface area contributed by atoms with Crippen LogP contribution in [0.2, 0.25) is 0 Å². The first-order valence-electron chi connectivity index (χ1n) is 9.12. The van der Waals surface area contributed by atoms with Gasteiger partial charge in [0, 0.05) is 37.9 Å². The molecule has 0 N–H and O–H groups in total. The van der Waals surface area contributed by atoms with E-state index in [9.17, 15) is 4.57 Å². The zero-order valence-electron chi connectivity index (χ0n) is 14.5. The average Bonchev–Trinajstić information content (AvgIpc) is 2.63. The Morgan fingerprint density at radius 1 is 1.12 bits per heavy atom. The van der Waals surface area contributed by atoms with Crippen LogP contribution in [-0.2, 0) is 15.6 Å². The molecule has 1 aliphatic heterocycles. The van der Waals surface area contributed by atoms with Gasteiger partial charge >= 0.3 is 7.67 Å². The van der Waals surface area contributed by atoms with E-state index in [0.717, 1.165) is 31.4 Å². The molecule has 0 bridgehead atoms. The maximum absolute atomic E-state index is 14.0. The van der Waals surface area contributed by atoms with Crippen LogP contribution in [-0.4, -0.2) is 46.8 Å². The summed E-state index contributed by atoms with van der Waals surface area (Å²) >= 11 is 12.0. The molecule has 2 fully saturated rings. The minimum Gasteiger partial charge on any atom is -0.302 e. The molecule has 0 aromatic heterocycles. The van der Waals surface area contributed by atoms with E-state index >= 15 is 0 Å². The summed E-state index contributed by atoms with van der Waals surface area (Å²) in [6, 6.07) is 10.2. The highest BCUT2D eigenvalue weighted by atomic mass is 35.5. The second-order valence-electron chi connectivity index (χ2n) is 6.84. The summed E-state index contributed by atoms with van der Waals surface area (Å²) in [5.41, 5.74) is 1.15. The van der Waals surface area contributed by atoms with Crippen molar-refractivity contribution in [3.63, 3.8) is 0 Å². The molecule has 1 saturated carbocycles. The van der Waals surface area contributed by atoms with Gasteiger partial charge in [0.05, 0.1) is 6.10 Å². The zero-order valence-corrected chi connectivity index (χ0v) is 16.9. The van der Waals surface area contributed by atoms with Crippen molar-refractivity contribution in [1.82, 2.24) is 9.34 Å².